The molecule has 15 heavy (non-hydrogen) atoms. The van der Waals surface area contributed by atoms with Gasteiger partial charge in [0.25, 0.3) is 0 Å². The molecule has 84 valence electrons. The quantitative estimate of drug-likeness (QED) is 0.399. The van der Waals surface area contributed by atoms with Crippen molar-refractivity contribution in [3.05, 3.63) is 10.4 Å². The van der Waals surface area contributed by atoms with Crippen molar-refractivity contribution in [2.45, 2.75) is 45.1 Å². The smallest absolute Gasteiger partial charge is 0.228 e. The highest BCUT2D eigenvalue weighted by Crippen LogP contribution is 2.22. The molecule has 1 aliphatic carbocycles. The monoisotopic (exact) mass is 210 g/mol. The maximum Gasteiger partial charge on any atom is 0.228 e. The zero-order valence-corrected chi connectivity index (χ0v) is 9.22. The predicted octanol–water partition coefficient (Wildman–Crippen LogP) is 2.48. The SMILES string of the molecule is CCN(C(=O)CN=[N+]=[N-])C1CCCCC1. The molecule has 0 atom stereocenters. The second-order valence-corrected chi connectivity index (χ2v) is 3.86. The minimum atomic E-state index is -0.0408. The first-order valence-electron chi connectivity index (χ1n) is 5.60. The molecule has 0 radical (unpaired) electrons. The number of likely N-dealkylation sites (N-methyl/N-ethyl adjacent to an activating group) is 1. The zero-order chi connectivity index (χ0) is 11.1. The molecule has 0 aromatic heterocycles. The first-order valence-corrected chi connectivity index (χ1v) is 5.60. The number of carbonyl (C=O) groups is 1. The molecule has 0 aliphatic heterocycles. The van der Waals surface area contributed by atoms with E-state index < -0.39 is 0 Å². The molecule has 0 aromatic rings. The van der Waals surface area contributed by atoms with Gasteiger partial charge in [0.1, 0.15) is 6.54 Å². The van der Waals surface area contributed by atoms with Gasteiger partial charge in [0, 0.05) is 17.5 Å². The van der Waals surface area contributed by atoms with E-state index in [1.54, 1.807) is 0 Å². The zero-order valence-electron chi connectivity index (χ0n) is 9.22. The topological polar surface area (TPSA) is 69.1 Å². The van der Waals surface area contributed by atoms with Crippen molar-refractivity contribution in [2.75, 3.05) is 13.1 Å². The highest BCUT2D eigenvalue weighted by atomic mass is 16.2. The fourth-order valence-corrected chi connectivity index (χ4v) is 2.21. The van der Waals surface area contributed by atoms with Crippen LogP contribution in [0.15, 0.2) is 5.11 Å². The van der Waals surface area contributed by atoms with Crippen LogP contribution < -0.4 is 0 Å². The van der Waals surface area contributed by atoms with Gasteiger partial charge >= 0.3 is 0 Å². The lowest BCUT2D eigenvalue weighted by Crippen LogP contribution is -2.42. The standard InChI is InChI=1S/C10H18N4O/c1-2-14(10(15)8-12-13-11)9-6-4-3-5-7-9/h9H,2-8H2,1H3. The Morgan fingerprint density at radius 3 is 2.67 bits per heavy atom. The minimum absolute atomic E-state index is 0.0396. The van der Waals surface area contributed by atoms with Gasteiger partial charge in [-0.1, -0.05) is 24.4 Å². The van der Waals surface area contributed by atoms with Crippen LogP contribution in [0.1, 0.15) is 39.0 Å². The lowest BCUT2D eigenvalue weighted by Gasteiger charge is -2.33. The van der Waals surface area contributed by atoms with E-state index in [1.807, 2.05) is 11.8 Å². The van der Waals surface area contributed by atoms with Crippen LogP contribution in [0.4, 0.5) is 0 Å². The van der Waals surface area contributed by atoms with E-state index in [1.165, 1.54) is 19.3 Å². The van der Waals surface area contributed by atoms with Crippen molar-refractivity contribution < 1.29 is 4.79 Å². The fraction of sp³-hybridized carbons (Fsp3) is 0.900. The molecule has 1 aliphatic rings. The van der Waals surface area contributed by atoms with Crippen LogP contribution in [-0.4, -0.2) is 29.9 Å². The second kappa shape index (κ2) is 6.30. The van der Waals surface area contributed by atoms with E-state index in [0.717, 1.165) is 12.8 Å². The molecule has 1 fully saturated rings. The molecule has 0 spiro atoms. The maximum absolute atomic E-state index is 11.7. The highest BCUT2D eigenvalue weighted by molar-refractivity contribution is 5.78. The Kier molecular flexibility index (Phi) is 4.98. The summed E-state index contributed by atoms with van der Waals surface area (Å²) in [5.74, 6) is -0.0396. The molecule has 0 aromatic carbocycles. The molecule has 5 nitrogen and oxygen atoms in total. The average Bonchev–Trinajstić information content (AvgIpc) is 2.29. The second-order valence-electron chi connectivity index (χ2n) is 3.86. The Labute approximate surface area is 90.1 Å². The van der Waals surface area contributed by atoms with E-state index in [9.17, 15) is 4.79 Å². The summed E-state index contributed by atoms with van der Waals surface area (Å²) in [7, 11) is 0. The first kappa shape index (κ1) is 11.9. The Balaban J connectivity index is 2.52. The number of hydrogen-bond acceptors (Lipinski definition) is 2. The molecule has 0 N–H and O–H groups in total. The molecule has 1 rings (SSSR count). The lowest BCUT2D eigenvalue weighted by molar-refractivity contribution is -0.132. The van der Waals surface area contributed by atoms with Crippen LogP contribution in [0.2, 0.25) is 0 Å². The molecule has 1 amide bonds. The van der Waals surface area contributed by atoms with Crippen molar-refractivity contribution in [1.82, 2.24) is 4.90 Å². The van der Waals surface area contributed by atoms with Gasteiger partial charge in [0.15, 0.2) is 0 Å². The summed E-state index contributed by atoms with van der Waals surface area (Å²) >= 11 is 0. The Morgan fingerprint density at radius 2 is 2.13 bits per heavy atom. The number of carbonyl (C=O) groups excluding carboxylic acids is 1. The highest BCUT2D eigenvalue weighted by Gasteiger charge is 2.23. The van der Waals surface area contributed by atoms with Gasteiger partial charge in [0.05, 0.1) is 0 Å². The average molecular weight is 210 g/mol. The van der Waals surface area contributed by atoms with E-state index >= 15 is 0 Å². The molecule has 0 heterocycles. The van der Waals surface area contributed by atoms with E-state index in [2.05, 4.69) is 10.0 Å². The van der Waals surface area contributed by atoms with Gasteiger partial charge in [-0.3, -0.25) is 4.79 Å². The third-order valence-corrected chi connectivity index (χ3v) is 2.95. The third kappa shape index (κ3) is 3.44. The first-order chi connectivity index (χ1) is 7.29. The summed E-state index contributed by atoms with van der Waals surface area (Å²) in [6, 6.07) is 0.366. The molecule has 0 unspecified atom stereocenters. The van der Waals surface area contributed by atoms with Gasteiger partial charge in [-0.25, -0.2) is 0 Å². The summed E-state index contributed by atoms with van der Waals surface area (Å²) in [5.41, 5.74) is 8.17. The van der Waals surface area contributed by atoms with Crippen molar-refractivity contribution in [1.29, 1.82) is 0 Å². The number of rotatable bonds is 4. The summed E-state index contributed by atoms with van der Waals surface area (Å²) in [6.45, 7) is 2.65. The van der Waals surface area contributed by atoms with E-state index in [-0.39, 0.29) is 12.5 Å². The number of amides is 1. The fourth-order valence-electron chi connectivity index (χ4n) is 2.21. The number of nitrogens with zero attached hydrogens (tertiary/aromatic N) is 4. The van der Waals surface area contributed by atoms with Crippen molar-refractivity contribution in [3.8, 4) is 0 Å². The Morgan fingerprint density at radius 1 is 1.47 bits per heavy atom. The molecule has 0 saturated heterocycles. The summed E-state index contributed by atoms with van der Waals surface area (Å²) < 4.78 is 0. The van der Waals surface area contributed by atoms with Crippen LogP contribution in [0.25, 0.3) is 10.4 Å². The minimum Gasteiger partial charge on any atom is -0.340 e. The molecule has 1 saturated carbocycles. The van der Waals surface area contributed by atoms with Crippen LogP contribution in [0.3, 0.4) is 0 Å². The van der Waals surface area contributed by atoms with E-state index in [0.29, 0.717) is 12.6 Å². The van der Waals surface area contributed by atoms with Gasteiger partial charge < -0.3 is 4.90 Å². The largest absolute Gasteiger partial charge is 0.340 e. The van der Waals surface area contributed by atoms with Crippen LogP contribution in [0, 0.1) is 0 Å². The molecular formula is C10H18N4O. The van der Waals surface area contributed by atoms with Gasteiger partial charge in [0.2, 0.25) is 5.91 Å². The Bertz CT molecular complexity index is 254. The summed E-state index contributed by atoms with van der Waals surface area (Å²) in [6.07, 6.45) is 5.87. The number of hydrogen-bond donors (Lipinski definition) is 0. The van der Waals surface area contributed by atoms with E-state index in [4.69, 9.17) is 5.53 Å². The molecule has 5 heteroatoms. The summed E-state index contributed by atoms with van der Waals surface area (Å²) in [4.78, 5) is 16.2. The Hall–Kier alpha value is -1.22. The summed E-state index contributed by atoms with van der Waals surface area (Å²) in [5, 5.41) is 3.32. The third-order valence-electron chi connectivity index (χ3n) is 2.95. The van der Waals surface area contributed by atoms with Crippen molar-refractivity contribution in [3.63, 3.8) is 0 Å². The van der Waals surface area contributed by atoms with Crippen molar-refractivity contribution in [2.24, 2.45) is 5.11 Å². The van der Waals surface area contributed by atoms with Crippen LogP contribution in [-0.2, 0) is 4.79 Å². The van der Waals surface area contributed by atoms with Gasteiger partial charge in [-0.2, -0.15) is 0 Å². The maximum atomic E-state index is 11.7. The normalized spacial score (nSPS) is 16.9. The molecule has 0 bridgehead atoms. The lowest BCUT2D eigenvalue weighted by atomic mass is 9.94. The van der Waals surface area contributed by atoms with Crippen LogP contribution >= 0.6 is 0 Å². The van der Waals surface area contributed by atoms with Gasteiger partial charge in [-0.05, 0) is 25.3 Å². The van der Waals surface area contributed by atoms with Crippen molar-refractivity contribution >= 4 is 5.91 Å². The molecular weight excluding hydrogens is 192 g/mol. The predicted molar refractivity (Wildman–Crippen MR) is 58.3 cm³/mol. The number of azide groups is 1. The van der Waals surface area contributed by atoms with Crippen LogP contribution in [0.5, 0.6) is 0 Å². The van der Waals surface area contributed by atoms with Gasteiger partial charge in [-0.15, -0.1) is 0 Å².